The summed E-state index contributed by atoms with van der Waals surface area (Å²) in [7, 11) is 0. The van der Waals surface area contributed by atoms with E-state index in [0.717, 1.165) is 0 Å². The summed E-state index contributed by atoms with van der Waals surface area (Å²) in [5.74, 6) is 0.153. The predicted molar refractivity (Wildman–Crippen MR) is 66.4 cm³/mol. The van der Waals surface area contributed by atoms with Crippen LogP contribution in [0.15, 0.2) is 12.2 Å². The van der Waals surface area contributed by atoms with Crippen LogP contribution in [0.4, 0.5) is 0 Å². The van der Waals surface area contributed by atoms with Crippen LogP contribution >= 0.6 is 0 Å². The van der Waals surface area contributed by atoms with Gasteiger partial charge >= 0.3 is 0 Å². The van der Waals surface area contributed by atoms with Gasteiger partial charge in [0.15, 0.2) is 5.78 Å². The van der Waals surface area contributed by atoms with E-state index in [1.807, 2.05) is 6.08 Å². The summed E-state index contributed by atoms with van der Waals surface area (Å²) in [5.41, 5.74) is 0.649. The van der Waals surface area contributed by atoms with E-state index in [4.69, 9.17) is 0 Å². The first kappa shape index (κ1) is 11.8. The summed E-state index contributed by atoms with van der Waals surface area (Å²) in [6.45, 7) is 6.30. The first-order valence-electron chi connectivity index (χ1n) is 6.54. The highest BCUT2D eigenvalue weighted by molar-refractivity contribution is 5.87. The number of hydrogen-bond donors (Lipinski definition) is 0. The number of likely N-dealkylation sites (tertiary alicyclic amines) is 1. The van der Waals surface area contributed by atoms with Crippen molar-refractivity contribution in [1.82, 2.24) is 4.90 Å². The number of carbonyl (C=O) groups is 1. The lowest BCUT2D eigenvalue weighted by Crippen LogP contribution is -2.59. The van der Waals surface area contributed by atoms with Crippen molar-refractivity contribution in [2.24, 2.45) is 5.41 Å². The number of ketones is 1. The fraction of sp³-hybridized carbons (Fsp3) is 0.786. The minimum Gasteiger partial charge on any atom is -0.296 e. The van der Waals surface area contributed by atoms with E-state index in [1.165, 1.54) is 45.2 Å². The lowest BCUT2D eigenvalue weighted by atomic mass is 9.68. The topological polar surface area (TPSA) is 20.3 Å². The van der Waals surface area contributed by atoms with E-state index in [0.29, 0.717) is 11.5 Å². The highest BCUT2D eigenvalue weighted by atomic mass is 16.1. The van der Waals surface area contributed by atoms with Crippen LogP contribution in [0.5, 0.6) is 0 Å². The van der Waals surface area contributed by atoms with E-state index in [2.05, 4.69) is 11.8 Å². The molecule has 90 valence electrons. The van der Waals surface area contributed by atoms with Crippen molar-refractivity contribution in [2.45, 2.75) is 52.0 Å². The van der Waals surface area contributed by atoms with E-state index in [-0.39, 0.29) is 5.78 Å². The van der Waals surface area contributed by atoms with E-state index < -0.39 is 0 Å². The van der Waals surface area contributed by atoms with Crippen molar-refractivity contribution in [3.05, 3.63) is 12.2 Å². The highest BCUT2D eigenvalue weighted by Crippen LogP contribution is 2.44. The van der Waals surface area contributed by atoms with Crippen LogP contribution < -0.4 is 0 Å². The molecule has 1 saturated carbocycles. The van der Waals surface area contributed by atoms with Gasteiger partial charge in [-0.1, -0.05) is 25.3 Å². The average molecular weight is 221 g/mol. The molecular weight excluding hydrogens is 198 g/mol. The second kappa shape index (κ2) is 4.70. The zero-order valence-corrected chi connectivity index (χ0v) is 10.5. The minimum atomic E-state index is 0.153. The molecule has 0 amide bonds. The molecule has 2 heteroatoms. The van der Waals surface area contributed by atoms with E-state index >= 15 is 0 Å². The maximum Gasteiger partial charge on any atom is 0.152 e. The Bertz CT molecular complexity index is 281. The van der Waals surface area contributed by atoms with Gasteiger partial charge in [0.25, 0.3) is 0 Å². The van der Waals surface area contributed by atoms with Gasteiger partial charge in [0.1, 0.15) is 0 Å². The summed E-state index contributed by atoms with van der Waals surface area (Å²) in [4.78, 5) is 13.4. The van der Waals surface area contributed by atoms with E-state index in [9.17, 15) is 4.79 Å². The Morgan fingerprint density at radius 3 is 2.44 bits per heavy atom. The first-order valence-corrected chi connectivity index (χ1v) is 6.54. The van der Waals surface area contributed by atoms with E-state index in [1.54, 1.807) is 13.0 Å². The Morgan fingerprint density at radius 1 is 1.25 bits per heavy atom. The SMILES string of the molecule is CC(=O)/C=C/C(C)N1CC2(CCCCC2)C1. The molecule has 0 aromatic carbocycles. The largest absolute Gasteiger partial charge is 0.296 e. The molecule has 2 aliphatic rings. The third-order valence-electron chi connectivity index (χ3n) is 4.18. The van der Waals surface area contributed by atoms with Gasteiger partial charge < -0.3 is 0 Å². The van der Waals surface area contributed by atoms with Crippen LogP contribution in [0.3, 0.4) is 0 Å². The van der Waals surface area contributed by atoms with Crippen LogP contribution in [-0.4, -0.2) is 29.8 Å². The molecule has 0 aromatic rings. The van der Waals surface area contributed by atoms with Crippen LogP contribution in [0.1, 0.15) is 46.0 Å². The molecule has 1 heterocycles. The second-order valence-electron chi connectivity index (χ2n) is 5.68. The molecule has 1 aliphatic carbocycles. The molecule has 1 saturated heterocycles. The monoisotopic (exact) mass is 221 g/mol. The lowest BCUT2D eigenvalue weighted by Gasteiger charge is -2.54. The van der Waals surface area contributed by atoms with Gasteiger partial charge in [0.05, 0.1) is 0 Å². The van der Waals surface area contributed by atoms with Gasteiger partial charge in [-0.3, -0.25) is 9.69 Å². The Morgan fingerprint density at radius 2 is 1.88 bits per heavy atom. The van der Waals surface area contributed by atoms with Crippen molar-refractivity contribution in [3.8, 4) is 0 Å². The molecule has 1 atom stereocenters. The Balaban J connectivity index is 1.80. The molecule has 1 unspecified atom stereocenters. The number of rotatable bonds is 3. The van der Waals surface area contributed by atoms with Gasteiger partial charge in [-0.15, -0.1) is 0 Å². The van der Waals surface area contributed by atoms with Gasteiger partial charge in [-0.25, -0.2) is 0 Å². The molecule has 0 N–H and O–H groups in total. The van der Waals surface area contributed by atoms with Gasteiger partial charge in [-0.2, -0.15) is 0 Å². The standard InChI is InChI=1S/C14H23NO/c1-12(6-7-13(2)16)15-10-14(11-15)8-4-3-5-9-14/h6-7,12H,3-5,8-11H2,1-2H3/b7-6+. The molecule has 0 aromatic heterocycles. The van der Waals surface area contributed by atoms with Gasteiger partial charge in [-0.05, 0) is 38.2 Å². The number of allylic oxidation sites excluding steroid dienone is 1. The van der Waals surface area contributed by atoms with Crippen molar-refractivity contribution in [1.29, 1.82) is 0 Å². The molecule has 2 fully saturated rings. The average Bonchev–Trinajstić information content (AvgIpc) is 2.23. The Labute approximate surface area is 98.7 Å². The maximum absolute atomic E-state index is 10.9. The summed E-state index contributed by atoms with van der Waals surface area (Å²) in [6.07, 6.45) is 10.9. The summed E-state index contributed by atoms with van der Waals surface area (Å²) in [5, 5.41) is 0. The fourth-order valence-electron chi connectivity index (χ4n) is 3.12. The summed E-state index contributed by atoms with van der Waals surface area (Å²) >= 11 is 0. The minimum absolute atomic E-state index is 0.153. The number of nitrogens with zero attached hydrogens (tertiary/aromatic N) is 1. The summed E-state index contributed by atoms with van der Waals surface area (Å²) in [6, 6.07) is 0.427. The molecule has 2 rings (SSSR count). The second-order valence-corrected chi connectivity index (χ2v) is 5.68. The van der Waals surface area contributed by atoms with Crippen molar-refractivity contribution in [3.63, 3.8) is 0 Å². The van der Waals surface area contributed by atoms with Gasteiger partial charge in [0.2, 0.25) is 0 Å². The molecule has 2 nitrogen and oxygen atoms in total. The Hall–Kier alpha value is -0.630. The molecule has 0 bridgehead atoms. The molecule has 16 heavy (non-hydrogen) atoms. The number of carbonyl (C=O) groups excluding carboxylic acids is 1. The van der Waals surface area contributed by atoms with Crippen LogP contribution in [0, 0.1) is 5.41 Å². The normalized spacial score (nSPS) is 26.9. The highest BCUT2D eigenvalue weighted by Gasteiger charge is 2.44. The predicted octanol–water partition coefficient (Wildman–Crippen LogP) is 2.79. The molecule has 1 aliphatic heterocycles. The van der Waals surface area contributed by atoms with Gasteiger partial charge in [0, 0.05) is 19.1 Å². The molecular formula is C14H23NO. The lowest BCUT2D eigenvalue weighted by molar-refractivity contribution is -0.112. The van der Waals surface area contributed by atoms with Crippen LogP contribution in [0.25, 0.3) is 0 Å². The first-order chi connectivity index (χ1) is 7.61. The number of hydrogen-bond acceptors (Lipinski definition) is 2. The smallest absolute Gasteiger partial charge is 0.152 e. The van der Waals surface area contributed by atoms with Crippen LogP contribution in [0.2, 0.25) is 0 Å². The molecule has 1 spiro atoms. The zero-order valence-electron chi connectivity index (χ0n) is 10.5. The summed E-state index contributed by atoms with van der Waals surface area (Å²) < 4.78 is 0. The molecule has 0 radical (unpaired) electrons. The van der Waals surface area contributed by atoms with Crippen molar-refractivity contribution < 1.29 is 4.79 Å². The zero-order chi connectivity index (χ0) is 11.6. The quantitative estimate of drug-likeness (QED) is 0.683. The van der Waals surface area contributed by atoms with Crippen LogP contribution in [-0.2, 0) is 4.79 Å². The Kier molecular flexibility index (Phi) is 3.48. The van der Waals surface area contributed by atoms with Crippen molar-refractivity contribution in [2.75, 3.05) is 13.1 Å². The third-order valence-corrected chi connectivity index (χ3v) is 4.18. The third kappa shape index (κ3) is 2.54. The fourth-order valence-corrected chi connectivity index (χ4v) is 3.12. The maximum atomic E-state index is 10.9. The van der Waals surface area contributed by atoms with Crippen molar-refractivity contribution >= 4 is 5.78 Å².